The Morgan fingerprint density at radius 2 is 1.56 bits per heavy atom. The van der Waals surface area contributed by atoms with Gasteiger partial charge in [-0.1, -0.05) is 0 Å². The van der Waals surface area contributed by atoms with Crippen molar-refractivity contribution >= 4 is 15.0 Å². The fraction of sp³-hybridized carbons (Fsp3) is 0.889. The third kappa shape index (κ3) is 4.58. The number of methoxy groups -OCH3 is 1. The van der Waals surface area contributed by atoms with E-state index in [0.717, 1.165) is 0 Å². The normalized spacial score (nSPS) is 13.9. The van der Waals surface area contributed by atoms with Crippen LogP contribution in [0.15, 0.2) is 0 Å². The van der Waals surface area contributed by atoms with Crippen molar-refractivity contribution in [2.24, 2.45) is 0 Å². The minimum absolute atomic E-state index is 0.169. The van der Waals surface area contributed by atoms with Crippen LogP contribution in [0.3, 0.4) is 0 Å². The van der Waals surface area contributed by atoms with E-state index in [1.54, 1.807) is 20.8 Å². The standard InChI is InChI=1S/C9H20O6Si/c1-7(2)14-16(12-5,13-6)15-9(10)8(3)11-4/h7-8H,1-6H3. The summed E-state index contributed by atoms with van der Waals surface area (Å²) in [5.74, 6) is -0.571. The topological polar surface area (TPSA) is 63.2 Å². The molecule has 0 aliphatic rings. The van der Waals surface area contributed by atoms with Gasteiger partial charge in [0.15, 0.2) is 6.10 Å². The van der Waals surface area contributed by atoms with E-state index in [0.29, 0.717) is 0 Å². The van der Waals surface area contributed by atoms with Gasteiger partial charge in [0.2, 0.25) is 0 Å². The molecule has 0 amide bonds. The van der Waals surface area contributed by atoms with Gasteiger partial charge in [-0.05, 0) is 20.8 Å². The predicted octanol–water partition coefficient (Wildman–Crippen LogP) is 0.718. The lowest BCUT2D eigenvalue weighted by atomic mass is 10.4. The average Bonchev–Trinajstić information content (AvgIpc) is 2.26. The number of hydrogen-bond donors (Lipinski definition) is 0. The zero-order chi connectivity index (χ0) is 12.8. The van der Waals surface area contributed by atoms with E-state index in [9.17, 15) is 4.79 Å². The van der Waals surface area contributed by atoms with Gasteiger partial charge in [0, 0.05) is 27.4 Å². The van der Waals surface area contributed by atoms with Crippen LogP contribution in [0.2, 0.25) is 0 Å². The molecule has 7 heteroatoms. The van der Waals surface area contributed by atoms with Gasteiger partial charge < -0.3 is 22.4 Å². The number of ether oxygens (including phenoxy) is 1. The molecule has 0 aromatic rings. The largest absolute Gasteiger partial charge is 0.751 e. The molecule has 0 aromatic heterocycles. The summed E-state index contributed by atoms with van der Waals surface area (Å²) in [5, 5.41) is 0. The molecule has 0 aliphatic carbocycles. The first kappa shape index (κ1) is 15.5. The lowest BCUT2D eigenvalue weighted by molar-refractivity contribution is -0.154. The van der Waals surface area contributed by atoms with Crippen molar-refractivity contribution in [2.75, 3.05) is 21.3 Å². The van der Waals surface area contributed by atoms with Crippen molar-refractivity contribution in [3.8, 4) is 0 Å². The Bertz CT molecular complexity index is 216. The Kier molecular flexibility index (Phi) is 6.76. The summed E-state index contributed by atoms with van der Waals surface area (Å²) in [6, 6.07) is 0. The molecule has 96 valence electrons. The molecule has 0 saturated heterocycles. The smallest absolute Gasteiger partial charge is 0.450 e. The average molecular weight is 252 g/mol. The van der Waals surface area contributed by atoms with Crippen molar-refractivity contribution in [3.05, 3.63) is 0 Å². The molecule has 6 nitrogen and oxygen atoms in total. The molecule has 0 fully saturated rings. The molecule has 0 radical (unpaired) electrons. The van der Waals surface area contributed by atoms with E-state index in [1.807, 2.05) is 0 Å². The first-order valence-electron chi connectivity index (χ1n) is 4.94. The second kappa shape index (κ2) is 6.97. The van der Waals surface area contributed by atoms with Crippen molar-refractivity contribution < 1.29 is 27.2 Å². The Morgan fingerprint density at radius 3 is 1.88 bits per heavy atom. The second-order valence-electron chi connectivity index (χ2n) is 3.37. The summed E-state index contributed by atoms with van der Waals surface area (Å²) >= 11 is 0. The molecule has 16 heavy (non-hydrogen) atoms. The Labute approximate surface area is 97.3 Å². The SMILES string of the molecule is COC(C)C(=O)O[Si](OC)(OC)OC(C)C. The maximum atomic E-state index is 11.5. The van der Waals surface area contributed by atoms with Gasteiger partial charge in [-0.3, -0.25) is 4.79 Å². The Hall–Kier alpha value is -0.473. The molecule has 0 N–H and O–H groups in total. The van der Waals surface area contributed by atoms with Gasteiger partial charge >= 0.3 is 15.0 Å². The van der Waals surface area contributed by atoms with Gasteiger partial charge in [0.05, 0.1) is 0 Å². The van der Waals surface area contributed by atoms with Crippen LogP contribution in [0, 0.1) is 0 Å². The highest BCUT2D eigenvalue weighted by Crippen LogP contribution is 2.13. The Morgan fingerprint density at radius 1 is 1.06 bits per heavy atom. The summed E-state index contributed by atoms with van der Waals surface area (Å²) in [6.07, 6.45) is -0.856. The molecular weight excluding hydrogens is 232 g/mol. The summed E-state index contributed by atoms with van der Waals surface area (Å²) in [7, 11) is 0.792. The second-order valence-corrected chi connectivity index (χ2v) is 5.63. The highest BCUT2D eigenvalue weighted by Gasteiger charge is 2.49. The Balaban J connectivity index is 4.59. The van der Waals surface area contributed by atoms with Crippen LogP contribution in [0.4, 0.5) is 0 Å². The zero-order valence-electron chi connectivity index (χ0n) is 10.6. The molecular formula is C9H20O6Si. The lowest BCUT2D eigenvalue weighted by Gasteiger charge is -2.26. The number of rotatable bonds is 7. The van der Waals surface area contributed by atoms with E-state index in [4.69, 9.17) is 22.4 Å². The van der Waals surface area contributed by atoms with Crippen molar-refractivity contribution in [3.63, 3.8) is 0 Å². The first-order chi connectivity index (χ1) is 7.40. The maximum absolute atomic E-state index is 11.5. The molecule has 1 unspecified atom stereocenters. The quantitative estimate of drug-likeness (QED) is 0.622. The number of carbonyl (C=O) groups excluding carboxylic acids is 1. The summed E-state index contributed by atoms with van der Waals surface area (Å²) in [6.45, 7) is 5.17. The number of hydrogen-bond acceptors (Lipinski definition) is 6. The molecule has 0 heterocycles. The predicted molar refractivity (Wildman–Crippen MR) is 58.6 cm³/mol. The van der Waals surface area contributed by atoms with Crippen molar-refractivity contribution in [1.29, 1.82) is 0 Å². The minimum Gasteiger partial charge on any atom is -0.450 e. The minimum atomic E-state index is -3.38. The molecule has 0 bridgehead atoms. The monoisotopic (exact) mass is 252 g/mol. The fourth-order valence-electron chi connectivity index (χ4n) is 0.878. The van der Waals surface area contributed by atoms with Gasteiger partial charge in [-0.2, -0.15) is 0 Å². The van der Waals surface area contributed by atoms with E-state index in [2.05, 4.69) is 0 Å². The van der Waals surface area contributed by atoms with Crippen LogP contribution in [-0.4, -0.2) is 48.6 Å². The van der Waals surface area contributed by atoms with Crippen LogP contribution in [0.25, 0.3) is 0 Å². The third-order valence-corrected chi connectivity index (χ3v) is 4.00. The molecule has 0 aromatic carbocycles. The fourth-order valence-corrected chi connectivity index (χ4v) is 2.44. The number of carbonyl (C=O) groups is 1. The van der Waals surface area contributed by atoms with Crippen molar-refractivity contribution in [1.82, 2.24) is 0 Å². The summed E-state index contributed by atoms with van der Waals surface area (Å²) in [4.78, 5) is 11.5. The highest BCUT2D eigenvalue weighted by atomic mass is 28.4. The van der Waals surface area contributed by atoms with E-state index in [-0.39, 0.29) is 6.10 Å². The molecule has 0 spiro atoms. The van der Waals surface area contributed by atoms with E-state index >= 15 is 0 Å². The van der Waals surface area contributed by atoms with Gasteiger partial charge in [0.25, 0.3) is 0 Å². The van der Waals surface area contributed by atoms with E-state index < -0.39 is 21.1 Å². The van der Waals surface area contributed by atoms with E-state index in [1.165, 1.54) is 21.3 Å². The van der Waals surface area contributed by atoms with Crippen LogP contribution < -0.4 is 0 Å². The van der Waals surface area contributed by atoms with Crippen LogP contribution in [-0.2, 0) is 27.2 Å². The highest BCUT2D eigenvalue weighted by molar-refractivity contribution is 6.55. The summed E-state index contributed by atoms with van der Waals surface area (Å²) in [5.41, 5.74) is 0. The molecule has 0 aliphatic heterocycles. The first-order valence-corrected chi connectivity index (χ1v) is 6.57. The van der Waals surface area contributed by atoms with Gasteiger partial charge in [0.1, 0.15) is 0 Å². The van der Waals surface area contributed by atoms with Crippen molar-refractivity contribution in [2.45, 2.75) is 33.0 Å². The summed E-state index contributed by atoms with van der Waals surface area (Å²) < 4.78 is 25.5. The van der Waals surface area contributed by atoms with Crippen LogP contribution in [0.5, 0.6) is 0 Å². The molecule has 0 rings (SSSR count). The van der Waals surface area contributed by atoms with Crippen LogP contribution >= 0.6 is 0 Å². The third-order valence-electron chi connectivity index (χ3n) is 1.79. The van der Waals surface area contributed by atoms with Gasteiger partial charge in [-0.25, -0.2) is 0 Å². The lowest BCUT2D eigenvalue weighted by Crippen LogP contribution is -2.51. The molecule has 0 saturated carbocycles. The molecule has 1 atom stereocenters. The van der Waals surface area contributed by atoms with Crippen LogP contribution in [0.1, 0.15) is 20.8 Å². The maximum Gasteiger partial charge on any atom is 0.751 e. The zero-order valence-corrected chi connectivity index (χ0v) is 11.6. The van der Waals surface area contributed by atoms with Gasteiger partial charge in [-0.15, -0.1) is 0 Å².